The molecule has 0 N–H and O–H groups in total. The molecule has 0 fully saturated rings. The SMILES string of the molecule is CCOC(=O)c1c(-c2ccc(Cl)cc2)nc(SC(F)(F)F)n1Cc1ccc(-c2noc(C(F)(F)F)n2)cc1. The minimum atomic E-state index is -4.82. The van der Waals surface area contributed by atoms with Gasteiger partial charge >= 0.3 is 23.5 Å². The molecule has 0 spiro atoms. The summed E-state index contributed by atoms with van der Waals surface area (Å²) >= 11 is 5.42. The predicted molar refractivity (Wildman–Crippen MR) is 124 cm³/mol. The summed E-state index contributed by atoms with van der Waals surface area (Å²) in [5.74, 6) is -2.73. The van der Waals surface area contributed by atoms with Crippen LogP contribution in [0.4, 0.5) is 26.3 Å². The average Bonchev–Trinajstić information content (AvgIpc) is 3.45. The fraction of sp³-hybridized carbons (Fsp3) is 0.217. The van der Waals surface area contributed by atoms with Gasteiger partial charge in [-0.25, -0.2) is 9.78 Å². The van der Waals surface area contributed by atoms with Crippen molar-refractivity contribution < 1.29 is 40.4 Å². The van der Waals surface area contributed by atoms with Crippen molar-refractivity contribution in [3.05, 3.63) is 70.7 Å². The molecule has 0 aliphatic rings. The number of aromatic nitrogens is 4. The summed E-state index contributed by atoms with van der Waals surface area (Å²) in [5, 5.41) is 3.16. The molecular weight excluding hydrogens is 562 g/mol. The van der Waals surface area contributed by atoms with E-state index in [0.717, 1.165) is 4.57 Å². The quantitative estimate of drug-likeness (QED) is 0.132. The minimum absolute atomic E-state index is 0.0324. The van der Waals surface area contributed by atoms with Gasteiger partial charge in [0.05, 0.1) is 13.2 Å². The van der Waals surface area contributed by atoms with E-state index in [4.69, 9.17) is 16.3 Å². The van der Waals surface area contributed by atoms with E-state index in [-0.39, 0.29) is 35.9 Å². The van der Waals surface area contributed by atoms with Crippen molar-refractivity contribution in [1.82, 2.24) is 19.7 Å². The van der Waals surface area contributed by atoms with Crippen LogP contribution in [0.2, 0.25) is 5.02 Å². The van der Waals surface area contributed by atoms with E-state index in [1.807, 2.05) is 0 Å². The fourth-order valence-corrected chi connectivity index (χ4v) is 4.11. The van der Waals surface area contributed by atoms with Crippen molar-refractivity contribution in [3.63, 3.8) is 0 Å². The van der Waals surface area contributed by atoms with Gasteiger partial charge in [-0.2, -0.15) is 31.3 Å². The molecule has 0 unspecified atom stereocenters. The van der Waals surface area contributed by atoms with E-state index in [0.29, 0.717) is 16.1 Å². The monoisotopic (exact) mass is 576 g/mol. The number of carbonyl (C=O) groups excluding carboxylic acids is 1. The number of hydrogen-bond donors (Lipinski definition) is 0. The zero-order valence-electron chi connectivity index (χ0n) is 19.1. The van der Waals surface area contributed by atoms with Gasteiger partial charge in [-0.05, 0) is 24.6 Å². The third-order valence-electron chi connectivity index (χ3n) is 4.95. The molecule has 2 heterocycles. The molecular formula is C23H15ClF6N4O3S. The summed E-state index contributed by atoms with van der Waals surface area (Å²) in [6.07, 6.45) is -4.82. The van der Waals surface area contributed by atoms with Crippen LogP contribution in [0.1, 0.15) is 28.9 Å². The third kappa shape index (κ3) is 6.30. The first kappa shape index (κ1) is 27.5. The molecule has 7 nitrogen and oxygen atoms in total. The first-order valence-electron chi connectivity index (χ1n) is 10.6. The Bertz CT molecular complexity index is 1430. The second-order valence-electron chi connectivity index (χ2n) is 7.57. The molecule has 0 amide bonds. The predicted octanol–water partition coefficient (Wildman–Crippen LogP) is 7.11. The van der Waals surface area contributed by atoms with Crippen LogP contribution in [-0.2, 0) is 17.5 Å². The summed E-state index contributed by atoms with van der Waals surface area (Å²) in [6, 6.07) is 11.7. The molecule has 0 atom stereocenters. The second-order valence-corrected chi connectivity index (χ2v) is 9.04. The fourth-order valence-electron chi connectivity index (χ4n) is 3.37. The lowest BCUT2D eigenvalue weighted by atomic mass is 10.1. The lowest BCUT2D eigenvalue weighted by Gasteiger charge is -2.13. The van der Waals surface area contributed by atoms with Crippen LogP contribution in [0, 0.1) is 0 Å². The van der Waals surface area contributed by atoms with Crippen LogP contribution in [-0.4, -0.2) is 37.8 Å². The number of alkyl halides is 6. The number of halogens is 7. The van der Waals surface area contributed by atoms with Crippen molar-refractivity contribution in [1.29, 1.82) is 0 Å². The van der Waals surface area contributed by atoms with E-state index in [9.17, 15) is 31.1 Å². The summed E-state index contributed by atoms with van der Waals surface area (Å²) in [4.78, 5) is 20.3. The van der Waals surface area contributed by atoms with Crippen molar-refractivity contribution in [2.24, 2.45) is 0 Å². The molecule has 0 aliphatic heterocycles. The Morgan fingerprint density at radius 2 is 1.63 bits per heavy atom. The van der Waals surface area contributed by atoms with Crippen molar-refractivity contribution in [3.8, 4) is 22.6 Å². The van der Waals surface area contributed by atoms with Crippen molar-refractivity contribution in [2.45, 2.75) is 30.3 Å². The van der Waals surface area contributed by atoms with Gasteiger partial charge in [0.15, 0.2) is 10.9 Å². The summed E-state index contributed by atoms with van der Waals surface area (Å²) in [6.45, 7) is 1.27. The Balaban J connectivity index is 1.75. The van der Waals surface area contributed by atoms with Crippen molar-refractivity contribution in [2.75, 3.05) is 6.61 Å². The van der Waals surface area contributed by atoms with Gasteiger partial charge in [-0.3, -0.25) is 0 Å². The molecule has 15 heteroatoms. The smallest absolute Gasteiger partial charge is 0.461 e. The normalized spacial score (nSPS) is 12.1. The first-order valence-corrected chi connectivity index (χ1v) is 11.8. The van der Waals surface area contributed by atoms with Crippen LogP contribution in [0.25, 0.3) is 22.6 Å². The lowest BCUT2D eigenvalue weighted by Crippen LogP contribution is -2.15. The Morgan fingerprint density at radius 3 is 2.18 bits per heavy atom. The molecule has 0 saturated heterocycles. The second kappa shape index (κ2) is 10.7. The molecule has 0 bridgehead atoms. The highest BCUT2D eigenvalue weighted by molar-refractivity contribution is 8.00. The van der Waals surface area contributed by atoms with Gasteiger partial charge in [0, 0.05) is 27.9 Å². The van der Waals surface area contributed by atoms with Gasteiger partial charge in [-0.1, -0.05) is 53.2 Å². The Kier molecular flexibility index (Phi) is 7.74. The van der Waals surface area contributed by atoms with E-state index in [2.05, 4.69) is 19.6 Å². The number of nitrogens with zero attached hydrogens (tertiary/aromatic N) is 4. The van der Waals surface area contributed by atoms with Gasteiger partial charge in [0.25, 0.3) is 0 Å². The lowest BCUT2D eigenvalue weighted by molar-refractivity contribution is -0.159. The average molecular weight is 577 g/mol. The first-order chi connectivity index (χ1) is 17.9. The highest BCUT2D eigenvalue weighted by Gasteiger charge is 2.38. The van der Waals surface area contributed by atoms with Crippen LogP contribution < -0.4 is 0 Å². The van der Waals surface area contributed by atoms with Crippen LogP contribution in [0.15, 0.2) is 58.2 Å². The van der Waals surface area contributed by atoms with Crippen LogP contribution >= 0.6 is 23.4 Å². The molecule has 200 valence electrons. The van der Waals surface area contributed by atoms with Gasteiger partial charge < -0.3 is 13.8 Å². The summed E-state index contributed by atoms with van der Waals surface area (Å²) < 4.78 is 88.9. The number of benzene rings is 2. The topological polar surface area (TPSA) is 83.0 Å². The highest BCUT2D eigenvalue weighted by atomic mass is 35.5. The Labute approximate surface area is 219 Å². The molecule has 0 saturated carbocycles. The van der Waals surface area contributed by atoms with E-state index < -0.39 is 40.5 Å². The number of ether oxygens (including phenoxy) is 1. The van der Waals surface area contributed by atoms with Gasteiger partial charge in [0.1, 0.15) is 5.69 Å². The number of hydrogen-bond acceptors (Lipinski definition) is 7. The Morgan fingerprint density at radius 1 is 1.00 bits per heavy atom. The zero-order chi connectivity index (χ0) is 27.7. The van der Waals surface area contributed by atoms with E-state index in [1.165, 1.54) is 48.5 Å². The van der Waals surface area contributed by atoms with Gasteiger partial charge in [-0.15, -0.1) is 0 Å². The van der Waals surface area contributed by atoms with Crippen LogP contribution in [0.5, 0.6) is 0 Å². The molecule has 2 aromatic heterocycles. The van der Waals surface area contributed by atoms with Crippen molar-refractivity contribution >= 4 is 29.3 Å². The van der Waals surface area contributed by atoms with Crippen LogP contribution in [0.3, 0.4) is 0 Å². The molecule has 0 aliphatic carbocycles. The van der Waals surface area contributed by atoms with Gasteiger partial charge in [0.2, 0.25) is 5.82 Å². The number of imidazole rings is 1. The molecule has 4 aromatic rings. The van der Waals surface area contributed by atoms with E-state index >= 15 is 0 Å². The molecule has 0 radical (unpaired) electrons. The number of thioether (sulfide) groups is 1. The highest BCUT2D eigenvalue weighted by Crippen LogP contribution is 2.40. The summed E-state index contributed by atoms with van der Waals surface area (Å²) in [5.41, 5.74) is -4.04. The maximum absolute atomic E-state index is 13.4. The van der Waals surface area contributed by atoms with E-state index in [1.54, 1.807) is 6.92 Å². The Hall–Kier alpha value is -3.52. The zero-order valence-corrected chi connectivity index (χ0v) is 20.7. The number of esters is 1. The standard InChI is InChI=1S/C23H15ClF6N4O3S/c1-2-36-19(35)17-16(13-7-9-15(24)10-8-13)31-21(38-23(28,29)30)34(17)11-12-3-5-14(6-4-12)18-32-20(37-33-18)22(25,26)27/h3-10H,2,11H2,1H3. The maximum Gasteiger partial charge on any atom is 0.471 e. The maximum atomic E-state index is 13.4. The summed E-state index contributed by atoms with van der Waals surface area (Å²) in [7, 11) is 0. The minimum Gasteiger partial charge on any atom is -0.461 e. The third-order valence-corrected chi connectivity index (χ3v) is 5.93. The molecule has 2 aromatic carbocycles. The number of rotatable bonds is 7. The molecule has 4 rings (SSSR count). The largest absolute Gasteiger partial charge is 0.471 e. The number of carbonyl (C=O) groups is 1. The molecule has 38 heavy (non-hydrogen) atoms.